The minimum atomic E-state index is 0.150. The summed E-state index contributed by atoms with van der Waals surface area (Å²) in [6.45, 7) is 14.0. The maximum absolute atomic E-state index is 6.97. The van der Waals surface area contributed by atoms with Gasteiger partial charge in [0.25, 0.3) is 0 Å². The molecule has 0 aliphatic heterocycles. The summed E-state index contributed by atoms with van der Waals surface area (Å²) < 4.78 is 25.2. The summed E-state index contributed by atoms with van der Waals surface area (Å²) in [6, 6.07) is 7.74. The Kier molecular flexibility index (Phi) is 10.0. The maximum Gasteiger partial charge on any atom is 0.161 e. The Morgan fingerprint density at radius 3 is 1.47 bits per heavy atom. The van der Waals surface area contributed by atoms with Crippen molar-refractivity contribution in [3.63, 3.8) is 0 Å². The van der Waals surface area contributed by atoms with Crippen LogP contribution in [0.4, 0.5) is 0 Å². The van der Waals surface area contributed by atoms with Crippen molar-refractivity contribution < 1.29 is 18.3 Å². The van der Waals surface area contributed by atoms with Crippen molar-refractivity contribution in [2.24, 2.45) is 35.5 Å². The fourth-order valence-electron chi connectivity index (χ4n) is 6.27. The lowest BCUT2D eigenvalue weighted by molar-refractivity contribution is -0.0229. The highest BCUT2D eigenvalue weighted by atomic mass is 16.5. The normalized spacial score (nSPS) is 29.4. The zero-order valence-corrected chi connectivity index (χ0v) is 24.3. The number of rotatable bonds is 10. The lowest BCUT2D eigenvalue weighted by Gasteiger charge is -2.39. The zero-order chi connectivity index (χ0) is 27.1. The van der Waals surface area contributed by atoms with E-state index in [1.807, 2.05) is 48.6 Å². The smallest absolute Gasteiger partial charge is 0.161 e. The molecule has 4 rings (SSSR count). The zero-order valence-electron chi connectivity index (χ0n) is 24.3. The summed E-state index contributed by atoms with van der Waals surface area (Å²) >= 11 is 0. The summed E-state index contributed by atoms with van der Waals surface area (Å²) in [7, 11) is 0. The second-order valence-electron chi connectivity index (χ2n) is 12.4. The Hall–Kier alpha value is -2.62. The number of furan rings is 2. The molecule has 0 aromatic carbocycles. The molecule has 2 aliphatic rings. The van der Waals surface area contributed by atoms with Crippen LogP contribution >= 0.6 is 0 Å². The molecule has 2 aromatic rings. The van der Waals surface area contributed by atoms with E-state index in [0.717, 1.165) is 35.9 Å². The highest BCUT2D eigenvalue weighted by Crippen LogP contribution is 2.39. The lowest BCUT2D eigenvalue weighted by atomic mass is 9.75. The van der Waals surface area contributed by atoms with E-state index in [1.165, 1.54) is 25.7 Å². The molecule has 0 saturated heterocycles. The van der Waals surface area contributed by atoms with E-state index in [2.05, 4.69) is 41.5 Å². The third-order valence-electron chi connectivity index (χ3n) is 8.61. The summed E-state index contributed by atoms with van der Waals surface area (Å²) in [6.07, 6.45) is 18.8. The van der Waals surface area contributed by atoms with Gasteiger partial charge in [-0.1, -0.05) is 54.4 Å². The Morgan fingerprint density at radius 1 is 0.711 bits per heavy atom. The van der Waals surface area contributed by atoms with E-state index in [9.17, 15) is 0 Å². The largest absolute Gasteiger partial charge is 0.486 e. The van der Waals surface area contributed by atoms with Gasteiger partial charge in [-0.15, -0.1) is 0 Å². The molecule has 0 bridgehead atoms. The van der Waals surface area contributed by atoms with E-state index in [0.29, 0.717) is 35.5 Å². The molecule has 2 aliphatic carbocycles. The Balaban J connectivity index is 1.74. The van der Waals surface area contributed by atoms with Gasteiger partial charge in [-0.05, 0) is 110 Å². The predicted octanol–water partition coefficient (Wildman–Crippen LogP) is 9.77. The van der Waals surface area contributed by atoms with Crippen molar-refractivity contribution in [3.05, 3.63) is 72.0 Å². The monoisotopic (exact) mass is 520 g/mol. The van der Waals surface area contributed by atoms with Crippen LogP contribution < -0.4 is 0 Å². The van der Waals surface area contributed by atoms with Crippen molar-refractivity contribution in [1.29, 1.82) is 0 Å². The Labute approximate surface area is 230 Å². The van der Waals surface area contributed by atoms with Crippen LogP contribution in [0.5, 0.6) is 0 Å². The molecule has 2 saturated carbocycles. The van der Waals surface area contributed by atoms with E-state index in [4.69, 9.17) is 18.3 Å². The van der Waals surface area contributed by atoms with Gasteiger partial charge in [-0.2, -0.15) is 0 Å². The molecule has 6 atom stereocenters. The first-order chi connectivity index (χ1) is 18.3. The van der Waals surface area contributed by atoms with E-state index >= 15 is 0 Å². The van der Waals surface area contributed by atoms with Crippen molar-refractivity contribution in [2.45, 2.75) is 92.3 Å². The molecule has 0 amide bonds. The summed E-state index contributed by atoms with van der Waals surface area (Å²) in [4.78, 5) is 0. The van der Waals surface area contributed by atoms with Gasteiger partial charge in [0.15, 0.2) is 11.5 Å². The van der Waals surface area contributed by atoms with Crippen LogP contribution in [0.2, 0.25) is 0 Å². The van der Waals surface area contributed by atoms with Gasteiger partial charge in [0.05, 0.1) is 12.5 Å². The number of ether oxygens (including phenoxy) is 2. The average molecular weight is 521 g/mol. The van der Waals surface area contributed by atoms with Crippen LogP contribution in [0, 0.1) is 35.5 Å². The van der Waals surface area contributed by atoms with Gasteiger partial charge in [0.1, 0.15) is 23.7 Å². The Bertz CT molecular complexity index is 956. The quantitative estimate of drug-likeness (QED) is 0.231. The van der Waals surface area contributed by atoms with Crippen molar-refractivity contribution in [3.8, 4) is 0 Å². The molecular formula is C34H48O4. The third kappa shape index (κ3) is 7.71. The number of hydrogen-bond donors (Lipinski definition) is 0. The molecule has 2 heterocycles. The minimum absolute atomic E-state index is 0.150. The van der Waals surface area contributed by atoms with Crippen LogP contribution in [-0.4, -0.2) is 12.2 Å². The number of hydrogen-bond acceptors (Lipinski definition) is 4. The maximum atomic E-state index is 6.97. The lowest BCUT2D eigenvalue weighted by Crippen LogP contribution is -2.35. The summed E-state index contributed by atoms with van der Waals surface area (Å²) in [5.74, 6) is 6.61. The predicted molar refractivity (Wildman–Crippen MR) is 155 cm³/mol. The van der Waals surface area contributed by atoms with Gasteiger partial charge in [0.2, 0.25) is 0 Å². The third-order valence-corrected chi connectivity index (χ3v) is 8.61. The SMILES string of the molecule is CC(C)[C@@H]1CC[C@@H](C)C[C@H]1OC(/C=C/c1ccco1)=C(/C=C/c1ccco1)O[C@@H]1C[C@H](C)CC[C@H]1C(C)C. The molecule has 208 valence electrons. The molecule has 0 N–H and O–H groups in total. The summed E-state index contributed by atoms with van der Waals surface area (Å²) in [5.41, 5.74) is 0. The van der Waals surface area contributed by atoms with Crippen molar-refractivity contribution in [2.75, 3.05) is 0 Å². The molecular weight excluding hydrogens is 472 g/mol. The highest BCUT2D eigenvalue weighted by Gasteiger charge is 2.35. The molecule has 4 nitrogen and oxygen atoms in total. The van der Waals surface area contributed by atoms with E-state index in [1.54, 1.807) is 12.5 Å². The Morgan fingerprint density at radius 2 is 1.13 bits per heavy atom. The first kappa shape index (κ1) is 28.4. The van der Waals surface area contributed by atoms with E-state index < -0.39 is 0 Å². The van der Waals surface area contributed by atoms with Crippen LogP contribution in [0.1, 0.15) is 91.6 Å². The minimum Gasteiger partial charge on any atom is -0.486 e. The molecule has 0 spiro atoms. The molecule has 2 fully saturated rings. The number of allylic oxidation sites excluding steroid dienone is 2. The van der Waals surface area contributed by atoms with Crippen LogP contribution in [0.15, 0.2) is 69.3 Å². The van der Waals surface area contributed by atoms with Crippen molar-refractivity contribution in [1.82, 2.24) is 0 Å². The standard InChI is InChI=1S/C34H48O4/c1-23(2)29-15-11-25(5)21-33(29)37-31(17-13-27-9-7-19-35-27)32(18-14-28-10-8-20-36-28)38-34-22-26(6)12-16-30(34)24(3)4/h7-10,13-14,17-20,23-26,29-30,33-34H,11-12,15-16,21-22H2,1-6H3/b17-13+,18-14+,32-31-/t25-,26-,29+,30+,33-,34-/m1/s1. The average Bonchev–Trinajstić information content (AvgIpc) is 3.58. The molecule has 0 unspecified atom stereocenters. The van der Waals surface area contributed by atoms with Crippen molar-refractivity contribution >= 4 is 12.2 Å². The van der Waals surface area contributed by atoms with E-state index in [-0.39, 0.29) is 12.2 Å². The second kappa shape index (κ2) is 13.4. The van der Waals surface area contributed by atoms with Crippen LogP contribution in [0.3, 0.4) is 0 Å². The fourth-order valence-corrected chi connectivity index (χ4v) is 6.27. The van der Waals surface area contributed by atoms with Gasteiger partial charge in [0, 0.05) is 0 Å². The fraction of sp³-hybridized carbons (Fsp3) is 0.588. The van der Waals surface area contributed by atoms with Gasteiger partial charge < -0.3 is 18.3 Å². The summed E-state index contributed by atoms with van der Waals surface area (Å²) in [5, 5.41) is 0. The highest BCUT2D eigenvalue weighted by molar-refractivity contribution is 5.51. The van der Waals surface area contributed by atoms with Gasteiger partial charge in [-0.25, -0.2) is 0 Å². The first-order valence-corrected chi connectivity index (χ1v) is 14.8. The second-order valence-corrected chi connectivity index (χ2v) is 12.4. The first-order valence-electron chi connectivity index (χ1n) is 14.8. The van der Waals surface area contributed by atoms with Gasteiger partial charge >= 0.3 is 0 Å². The molecule has 38 heavy (non-hydrogen) atoms. The van der Waals surface area contributed by atoms with Crippen LogP contribution in [0.25, 0.3) is 12.2 Å². The topological polar surface area (TPSA) is 44.7 Å². The molecule has 2 aromatic heterocycles. The molecule has 4 heteroatoms. The van der Waals surface area contributed by atoms with Crippen LogP contribution in [-0.2, 0) is 9.47 Å². The van der Waals surface area contributed by atoms with Gasteiger partial charge in [-0.3, -0.25) is 0 Å². The molecule has 0 radical (unpaired) electrons.